The van der Waals surface area contributed by atoms with Crippen molar-refractivity contribution in [2.75, 3.05) is 5.32 Å². The molecule has 22 heavy (non-hydrogen) atoms. The normalized spacial score (nSPS) is 14.9. The molecule has 2 amide bonds. The number of nitrogens with one attached hydrogen (secondary N) is 1. The number of primary amides is 1. The largest absolute Gasteiger partial charge is 0.365 e. The van der Waals surface area contributed by atoms with Crippen molar-refractivity contribution in [3.8, 4) is 10.4 Å². The molecular weight excluding hydrogens is 296 g/mol. The van der Waals surface area contributed by atoms with E-state index in [1.165, 1.54) is 23.8 Å². The van der Waals surface area contributed by atoms with Crippen LogP contribution in [0.5, 0.6) is 0 Å². The van der Waals surface area contributed by atoms with Crippen LogP contribution in [0.2, 0.25) is 0 Å². The number of carbonyl (C=O) groups excluding carboxylic acids is 2. The Morgan fingerprint density at radius 1 is 1.27 bits per heavy atom. The Morgan fingerprint density at radius 3 is 2.59 bits per heavy atom. The van der Waals surface area contributed by atoms with Gasteiger partial charge in [-0.3, -0.25) is 9.59 Å². The van der Waals surface area contributed by atoms with E-state index in [0.717, 1.165) is 22.4 Å². The maximum absolute atomic E-state index is 12.0. The summed E-state index contributed by atoms with van der Waals surface area (Å²) in [5.41, 5.74) is 9.20. The lowest BCUT2D eigenvalue weighted by atomic mass is 9.71. The second kappa shape index (κ2) is 4.95. The number of hydrogen-bond donors (Lipinski definition) is 2. The number of carbonyl (C=O) groups is 2. The topological polar surface area (TPSA) is 72.2 Å². The number of amides is 2. The molecule has 0 fully saturated rings. The van der Waals surface area contributed by atoms with E-state index in [4.69, 9.17) is 5.73 Å². The summed E-state index contributed by atoms with van der Waals surface area (Å²) in [6.45, 7) is 5.65. The van der Waals surface area contributed by atoms with Crippen molar-refractivity contribution >= 4 is 28.2 Å². The Labute approximate surface area is 133 Å². The molecule has 1 heterocycles. The third kappa shape index (κ3) is 2.22. The van der Waals surface area contributed by atoms with Crippen molar-refractivity contribution in [3.05, 3.63) is 41.0 Å². The minimum Gasteiger partial charge on any atom is -0.365 e. The first-order chi connectivity index (χ1) is 10.3. The second-order valence-electron chi connectivity index (χ2n) is 6.27. The Morgan fingerprint density at radius 2 is 1.95 bits per heavy atom. The van der Waals surface area contributed by atoms with Crippen LogP contribution in [-0.4, -0.2) is 11.8 Å². The first kappa shape index (κ1) is 14.8. The van der Waals surface area contributed by atoms with Crippen LogP contribution < -0.4 is 11.1 Å². The molecule has 0 spiro atoms. The Bertz CT molecular complexity index is 790. The fraction of sp³-hybridized carbons (Fsp3) is 0.294. The van der Waals surface area contributed by atoms with Crippen molar-refractivity contribution < 1.29 is 9.59 Å². The van der Waals surface area contributed by atoms with Gasteiger partial charge in [0.1, 0.15) is 5.00 Å². The highest BCUT2D eigenvalue weighted by Gasteiger charge is 2.38. The molecule has 0 aliphatic heterocycles. The third-order valence-electron chi connectivity index (χ3n) is 4.02. The lowest BCUT2D eigenvalue weighted by Gasteiger charge is -2.32. The standard InChI is InChI=1S/C17H18N2O2S/c1-9(20)19-16-12(15(18)21)13-14(22-16)11-7-5-4-6-10(11)8-17(13,2)3/h4-7H,8H2,1-3H3,(H2,18,21)(H,19,20). The Kier molecular flexibility index (Phi) is 3.33. The lowest BCUT2D eigenvalue weighted by Crippen LogP contribution is -2.28. The number of rotatable bonds is 2. The van der Waals surface area contributed by atoms with Crippen LogP contribution in [0.3, 0.4) is 0 Å². The molecule has 0 radical (unpaired) electrons. The Balaban J connectivity index is 2.33. The SMILES string of the molecule is CC(=O)Nc1sc2c(c1C(N)=O)C(C)(C)Cc1ccccc1-2. The van der Waals surface area contributed by atoms with Gasteiger partial charge in [-0.2, -0.15) is 0 Å². The summed E-state index contributed by atoms with van der Waals surface area (Å²) in [5, 5.41) is 3.31. The number of thiophene rings is 1. The van der Waals surface area contributed by atoms with Gasteiger partial charge in [-0.05, 0) is 28.5 Å². The summed E-state index contributed by atoms with van der Waals surface area (Å²) in [5.74, 6) is -0.694. The molecule has 0 atom stereocenters. The van der Waals surface area contributed by atoms with E-state index in [9.17, 15) is 9.59 Å². The van der Waals surface area contributed by atoms with E-state index in [1.54, 1.807) is 0 Å². The van der Waals surface area contributed by atoms with Crippen LogP contribution in [-0.2, 0) is 16.6 Å². The summed E-state index contributed by atoms with van der Waals surface area (Å²) in [4.78, 5) is 24.5. The summed E-state index contributed by atoms with van der Waals surface area (Å²) >= 11 is 1.43. The molecule has 1 aromatic heterocycles. The van der Waals surface area contributed by atoms with Crippen molar-refractivity contribution in [2.24, 2.45) is 5.73 Å². The molecule has 5 heteroatoms. The summed E-state index contributed by atoms with van der Waals surface area (Å²) in [7, 11) is 0. The van der Waals surface area contributed by atoms with E-state index in [0.29, 0.717) is 10.6 Å². The van der Waals surface area contributed by atoms with Gasteiger partial charge in [-0.15, -0.1) is 11.3 Å². The smallest absolute Gasteiger partial charge is 0.252 e. The van der Waals surface area contributed by atoms with Gasteiger partial charge in [0.2, 0.25) is 5.91 Å². The van der Waals surface area contributed by atoms with E-state index in [-0.39, 0.29) is 11.3 Å². The fourth-order valence-corrected chi connectivity index (χ4v) is 4.70. The molecule has 1 aromatic carbocycles. The highest BCUT2D eigenvalue weighted by Crippen LogP contribution is 2.51. The molecule has 0 unspecified atom stereocenters. The number of benzene rings is 1. The average Bonchev–Trinajstić information content (AvgIpc) is 2.78. The third-order valence-corrected chi connectivity index (χ3v) is 5.15. The zero-order chi connectivity index (χ0) is 16.1. The first-order valence-electron chi connectivity index (χ1n) is 7.14. The van der Waals surface area contributed by atoms with E-state index < -0.39 is 5.91 Å². The van der Waals surface area contributed by atoms with Gasteiger partial charge >= 0.3 is 0 Å². The van der Waals surface area contributed by atoms with Crippen molar-refractivity contribution in [3.63, 3.8) is 0 Å². The molecule has 0 saturated carbocycles. The van der Waals surface area contributed by atoms with Crippen LogP contribution in [0.15, 0.2) is 24.3 Å². The Hall–Kier alpha value is -2.14. The summed E-state index contributed by atoms with van der Waals surface area (Å²) in [6.07, 6.45) is 0.840. The quantitative estimate of drug-likeness (QED) is 0.892. The lowest BCUT2D eigenvalue weighted by molar-refractivity contribution is -0.114. The number of nitrogens with two attached hydrogens (primary N) is 1. The molecule has 3 N–H and O–H groups in total. The van der Waals surface area contributed by atoms with E-state index in [1.807, 2.05) is 12.1 Å². The molecule has 1 aliphatic rings. The predicted molar refractivity (Wildman–Crippen MR) is 89.3 cm³/mol. The first-order valence-corrected chi connectivity index (χ1v) is 7.96. The summed E-state index contributed by atoms with van der Waals surface area (Å²) < 4.78 is 0. The number of fused-ring (bicyclic) bond motifs is 3. The molecule has 4 nitrogen and oxygen atoms in total. The van der Waals surface area contributed by atoms with Crippen LogP contribution in [0, 0.1) is 0 Å². The van der Waals surface area contributed by atoms with Gasteiger partial charge in [0.15, 0.2) is 0 Å². The maximum atomic E-state index is 12.0. The monoisotopic (exact) mass is 314 g/mol. The van der Waals surface area contributed by atoms with Gasteiger partial charge in [0, 0.05) is 11.8 Å². The average molecular weight is 314 g/mol. The van der Waals surface area contributed by atoms with Gasteiger partial charge in [-0.1, -0.05) is 38.1 Å². The second-order valence-corrected chi connectivity index (χ2v) is 7.29. The number of hydrogen-bond acceptors (Lipinski definition) is 3. The van der Waals surface area contributed by atoms with E-state index >= 15 is 0 Å². The molecule has 0 bridgehead atoms. The molecule has 0 saturated heterocycles. The van der Waals surface area contributed by atoms with Crippen LogP contribution in [0.25, 0.3) is 10.4 Å². The van der Waals surface area contributed by atoms with Crippen molar-refractivity contribution in [1.82, 2.24) is 0 Å². The van der Waals surface area contributed by atoms with Crippen LogP contribution in [0.4, 0.5) is 5.00 Å². The number of anilines is 1. The van der Waals surface area contributed by atoms with Gasteiger partial charge < -0.3 is 11.1 Å². The highest BCUT2D eigenvalue weighted by atomic mass is 32.1. The van der Waals surface area contributed by atoms with Gasteiger partial charge in [0.05, 0.1) is 5.56 Å². The van der Waals surface area contributed by atoms with Gasteiger partial charge in [-0.25, -0.2) is 0 Å². The highest BCUT2D eigenvalue weighted by molar-refractivity contribution is 7.20. The van der Waals surface area contributed by atoms with Crippen LogP contribution >= 0.6 is 11.3 Å². The molecular formula is C17H18N2O2S. The molecule has 114 valence electrons. The summed E-state index contributed by atoms with van der Waals surface area (Å²) in [6, 6.07) is 8.18. The minimum atomic E-state index is -0.492. The fourth-order valence-electron chi connectivity index (χ4n) is 3.21. The minimum absolute atomic E-state index is 0.202. The van der Waals surface area contributed by atoms with Crippen LogP contribution in [0.1, 0.15) is 42.3 Å². The molecule has 1 aliphatic carbocycles. The van der Waals surface area contributed by atoms with Crippen molar-refractivity contribution in [2.45, 2.75) is 32.6 Å². The zero-order valence-electron chi connectivity index (χ0n) is 12.8. The maximum Gasteiger partial charge on any atom is 0.252 e. The zero-order valence-corrected chi connectivity index (χ0v) is 13.6. The molecule has 3 rings (SSSR count). The van der Waals surface area contributed by atoms with E-state index in [2.05, 4.69) is 31.3 Å². The molecule has 2 aromatic rings. The predicted octanol–water partition coefficient (Wildman–Crippen LogP) is 3.31. The van der Waals surface area contributed by atoms with Gasteiger partial charge in [0.25, 0.3) is 5.91 Å². The van der Waals surface area contributed by atoms with Crippen molar-refractivity contribution in [1.29, 1.82) is 0 Å².